The number of aromatic hydroxyl groups is 1. The predicted molar refractivity (Wildman–Crippen MR) is 105 cm³/mol. The van der Waals surface area contributed by atoms with Crippen LogP contribution in [-0.2, 0) is 6.54 Å². The summed E-state index contributed by atoms with van der Waals surface area (Å²) >= 11 is 0. The van der Waals surface area contributed by atoms with Crippen LogP contribution in [0.15, 0.2) is 60.7 Å². The normalized spacial score (nSPS) is 10.8. The van der Waals surface area contributed by atoms with Crippen LogP contribution in [0.2, 0.25) is 0 Å². The van der Waals surface area contributed by atoms with Crippen LogP contribution in [0.5, 0.6) is 11.5 Å². The van der Waals surface area contributed by atoms with Gasteiger partial charge in [-0.05, 0) is 47.2 Å². The molecule has 0 aliphatic carbocycles. The number of phenolic OH excluding ortho intramolecular Hbond substituents is 1. The lowest BCUT2D eigenvalue weighted by Gasteiger charge is -2.07. The average molecular weight is 374 g/mol. The molecule has 3 aromatic carbocycles. The lowest BCUT2D eigenvalue weighted by molar-refractivity contribution is 0.0947. The molecule has 1 amide bonds. The molecule has 0 fully saturated rings. The lowest BCUT2D eigenvalue weighted by atomic mass is 10.1. The molecule has 0 saturated carbocycles. The van der Waals surface area contributed by atoms with E-state index in [2.05, 4.69) is 20.5 Å². The van der Waals surface area contributed by atoms with Crippen molar-refractivity contribution in [1.82, 2.24) is 20.5 Å². The van der Waals surface area contributed by atoms with E-state index >= 15 is 0 Å². The fraction of sp³-hybridized carbons (Fsp3) is 0.0952. The molecule has 4 aromatic rings. The second-order valence-electron chi connectivity index (χ2n) is 6.23. The number of rotatable bonds is 5. The Morgan fingerprint density at radius 2 is 1.82 bits per heavy atom. The molecule has 0 spiro atoms. The maximum atomic E-state index is 12.5. The molecule has 0 saturated heterocycles. The van der Waals surface area contributed by atoms with Crippen LogP contribution < -0.4 is 10.1 Å². The largest absolute Gasteiger partial charge is 0.507 e. The molecule has 140 valence electrons. The maximum absolute atomic E-state index is 12.5. The van der Waals surface area contributed by atoms with Gasteiger partial charge in [0.05, 0.1) is 19.2 Å². The van der Waals surface area contributed by atoms with Crippen LogP contribution in [0.3, 0.4) is 0 Å². The topological polar surface area (TPSA) is 100 Å². The van der Waals surface area contributed by atoms with Gasteiger partial charge in [-0.25, -0.2) is 4.98 Å². The molecular formula is C21H18N4O3. The highest BCUT2D eigenvalue weighted by Gasteiger charge is 2.13. The Morgan fingerprint density at radius 1 is 1.11 bits per heavy atom. The van der Waals surface area contributed by atoms with E-state index in [0.717, 1.165) is 22.1 Å². The number of hydrogen-bond donors (Lipinski definition) is 3. The zero-order valence-corrected chi connectivity index (χ0v) is 15.1. The van der Waals surface area contributed by atoms with Crippen LogP contribution in [0.1, 0.15) is 16.2 Å². The highest BCUT2D eigenvalue weighted by Crippen LogP contribution is 2.25. The molecule has 1 heterocycles. The van der Waals surface area contributed by atoms with Crippen LogP contribution >= 0.6 is 0 Å². The van der Waals surface area contributed by atoms with Crippen LogP contribution in [-0.4, -0.2) is 33.3 Å². The average Bonchev–Trinajstić information content (AvgIpc) is 3.20. The number of hydrogen-bond acceptors (Lipinski definition) is 5. The Morgan fingerprint density at radius 3 is 2.54 bits per heavy atom. The molecule has 1 aromatic heterocycles. The van der Waals surface area contributed by atoms with Crippen molar-refractivity contribution in [2.75, 3.05) is 7.11 Å². The molecule has 7 heteroatoms. The maximum Gasteiger partial charge on any atom is 0.255 e. The predicted octanol–water partition coefficient (Wildman–Crippen LogP) is 3.27. The monoisotopic (exact) mass is 374 g/mol. The fourth-order valence-electron chi connectivity index (χ4n) is 2.91. The molecule has 28 heavy (non-hydrogen) atoms. The van der Waals surface area contributed by atoms with Crippen molar-refractivity contribution in [2.24, 2.45) is 0 Å². The summed E-state index contributed by atoms with van der Waals surface area (Å²) in [5.74, 6) is 1.35. The van der Waals surface area contributed by atoms with Gasteiger partial charge < -0.3 is 15.2 Å². The molecule has 0 atom stereocenters. The van der Waals surface area contributed by atoms with Gasteiger partial charge in [0, 0.05) is 5.56 Å². The van der Waals surface area contributed by atoms with Crippen molar-refractivity contribution in [3.8, 4) is 22.9 Å². The van der Waals surface area contributed by atoms with Gasteiger partial charge in [0.15, 0.2) is 5.82 Å². The van der Waals surface area contributed by atoms with Gasteiger partial charge in [-0.3, -0.25) is 9.89 Å². The van der Waals surface area contributed by atoms with Gasteiger partial charge in [0.1, 0.15) is 17.3 Å². The number of nitrogens with zero attached hydrogens (tertiary/aromatic N) is 2. The van der Waals surface area contributed by atoms with Crippen molar-refractivity contribution in [2.45, 2.75) is 6.54 Å². The second-order valence-corrected chi connectivity index (χ2v) is 6.23. The number of methoxy groups -OCH3 is 1. The molecule has 0 bridgehead atoms. The molecule has 4 rings (SSSR count). The van der Waals surface area contributed by atoms with Crippen LogP contribution in [0.4, 0.5) is 0 Å². The first-order valence-corrected chi connectivity index (χ1v) is 8.70. The number of H-pyrrole nitrogens is 1. The number of carbonyl (C=O) groups excluding carboxylic acids is 1. The molecule has 0 aliphatic heterocycles. The number of aromatic amines is 1. The molecule has 0 aliphatic rings. The quantitative estimate of drug-likeness (QED) is 0.498. The van der Waals surface area contributed by atoms with Gasteiger partial charge in [0.2, 0.25) is 0 Å². The summed E-state index contributed by atoms with van der Waals surface area (Å²) in [6.07, 6.45) is 0. The highest BCUT2D eigenvalue weighted by molar-refractivity contribution is 6.01. The van der Waals surface area contributed by atoms with E-state index < -0.39 is 0 Å². The Labute approximate surface area is 161 Å². The number of carbonyl (C=O) groups is 1. The number of phenols is 1. The van der Waals surface area contributed by atoms with Gasteiger partial charge in [-0.1, -0.05) is 24.3 Å². The van der Waals surface area contributed by atoms with Crippen molar-refractivity contribution in [3.05, 3.63) is 72.1 Å². The Bertz CT molecular complexity index is 1140. The number of ether oxygens (including phenoxy) is 1. The fourth-order valence-corrected chi connectivity index (χ4v) is 2.91. The smallest absolute Gasteiger partial charge is 0.255 e. The van der Waals surface area contributed by atoms with E-state index in [1.54, 1.807) is 19.2 Å². The molecule has 0 unspecified atom stereocenters. The summed E-state index contributed by atoms with van der Waals surface area (Å²) in [5, 5.41) is 21.7. The molecule has 3 N–H and O–H groups in total. The van der Waals surface area contributed by atoms with Gasteiger partial charge in [-0.2, -0.15) is 5.10 Å². The first-order chi connectivity index (χ1) is 13.6. The van der Waals surface area contributed by atoms with E-state index in [9.17, 15) is 9.90 Å². The summed E-state index contributed by atoms with van der Waals surface area (Å²) in [5.41, 5.74) is 1.05. The third-order valence-electron chi connectivity index (χ3n) is 4.40. The third kappa shape index (κ3) is 3.50. The van der Waals surface area contributed by atoms with E-state index in [1.807, 2.05) is 48.5 Å². The van der Waals surface area contributed by atoms with E-state index in [1.165, 1.54) is 0 Å². The zero-order valence-electron chi connectivity index (χ0n) is 15.1. The van der Waals surface area contributed by atoms with Gasteiger partial charge in [0.25, 0.3) is 5.91 Å². The number of fused-ring (bicyclic) bond motifs is 1. The molecule has 0 radical (unpaired) electrons. The molecule has 7 nitrogen and oxygen atoms in total. The van der Waals surface area contributed by atoms with Crippen molar-refractivity contribution in [3.63, 3.8) is 0 Å². The Kier molecular flexibility index (Phi) is 4.63. The minimum Gasteiger partial charge on any atom is -0.507 e. The van der Waals surface area contributed by atoms with Gasteiger partial charge >= 0.3 is 0 Å². The van der Waals surface area contributed by atoms with Crippen molar-refractivity contribution >= 4 is 16.7 Å². The molecular weight excluding hydrogens is 356 g/mol. The summed E-state index contributed by atoms with van der Waals surface area (Å²) in [6.45, 7) is 0.161. The number of benzene rings is 3. The SMILES string of the molecule is COc1ccc(-c2n[nH]c(CNC(=O)c3cc4ccccc4cc3O)n2)cc1. The number of nitrogens with one attached hydrogen (secondary N) is 2. The summed E-state index contributed by atoms with van der Waals surface area (Å²) in [4.78, 5) is 16.9. The number of amides is 1. The summed E-state index contributed by atoms with van der Waals surface area (Å²) in [6, 6.07) is 18.2. The van der Waals surface area contributed by atoms with E-state index in [4.69, 9.17) is 4.74 Å². The zero-order chi connectivity index (χ0) is 19.5. The van der Waals surface area contributed by atoms with E-state index in [-0.39, 0.29) is 23.8 Å². The first-order valence-electron chi connectivity index (χ1n) is 8.70. The van der Waals surface area contributed by atoms with Crippen LogP contribution in [0.25, 0.3) is 22.2 Å². The summed E-state index contributed by atoms with van der Waals surface area (Å²) in [7, 11) is 1.61. The van der Waals surface area contributed by atoms with E-state index in [0.29, 0.717) is 11.6 Å². The third-order valence-corrected chi connectivity index (χ3v) is 4.40. The Hall–Kier alpha value is -3.87. The minimum atomic E-state index is -0.384. The number of aromatic nitrogens is 3. The highest BCUT2D eigenvalue weighted by atomic mass is 16.5. The second kappa shape index (κ2) is 7.40. The standard InChI is InChI=1S/C21H18N4O3/c1-28-16-8-6-13(7-9-16)20-23-19(24-25-20)12-22-21(27)17-10-14-4-2-3-5-15(14)11-18(17)26/h2-11,26H,12H2,1H3,(H,22,27)(H,23,24,25). The van der Waals surface area contributed by atoms with Crippen molar-refractivity contribution < 1.29 is 14.6 Å². The Balaban J connectivity index is 1.46. The van der Waals surface area contributed by atoms with Crippen LogP contribution in [0, 0.1) is 0 Å². The minimum absolute atomic E-state index is 0.0623. The van der Waals surface area contributed by atoms with Crippen molar-refractivity contribution in [1.29, 1.82) is 0 Å². The summed E-state index contributed by atoms with van der Waals surface area (Å²) < 4.78 is 5.14. The lowest BCUT2D eigenvalue weighted by Crippen LogP contribution is -2.23. The van der Waals surface area contributed by atoms with Gasteiger partial charge in [-0.15, -0.1) is 0 Å². The first kappa shape index (κ1) is 17.5.